The lowest BCUT2D eigenvalue weighted by atomic mass is 9.97. The van der Waals surface area contributed by atoms with Crippen LogP contribution in [0.1, 0.15) is 31.7 Å². The molecule has 0 amide bonds. The zero-order valence-corrected chi connectivity index (χ0v) is 11.0. The van der Waals surface area contributed by atoms with E-state index < -0.39 is 0 Å². The van der Waals surface area contributed by atoms with Crippen LogP contribution in [0.2, 0.25) is 0 Å². The quantitative estimate of drug-likeness (QED) is 0.841. The van der Waals surface area contributed by atoms with Crippen molar-refractivity contribution >= 4 is 5.69 Å². The van der Waals surface area contributed by atoms with Gasteiger partial charge in [-0.15, -0.1) is 0 Å². The van der Waals surface area contributed by atoms with Crippen LogP contribution in [0.5, 0.6) is 5.75 Å². The third kappa shape index (κ3) is 2.61. The zero-order valence-electron chi connectivity index (χ0n) is 11.0. The predicted octanol–water partition coefficient (Wildman–Crippen LogP) is 2.56. The number of rotatable bonds is 2. The van der Waals surface area contributed by atoms with E-state index >= 15 is 0 Å². The maximum atomic E-state index is 5.80. The fourth-order valence-corrected chi connectivity index (χ4v) is 2.84. The molecule has 0 aromatic heterocycles. The molecule has 0 aliphatic carbocycles. The fourth-order valence-electron chi connectivity index (χ4n) is 2.84. The third-order valence-electron chi connectivity index (χ3n) is 3.85. The molecule has 2 aliphatic rings. The van der Waals surface area contributed by atoms with Crippen LogP contribution >= 0.6 is 0 Å². The lowest BCUT2D eigenvalue weighted by Crippen LogP contribution is -2.35. The van der Waals surface area contributed by atoms with Gasteiger partial charge in [0.15, 0.2) is 0 Å². The lowest BCUT2D eigenvalue weighted by Gasteiger charge is -2.27. The highest BCUT2D eigenvalue weighted by Crippen LogP contribution is 2.30. The number of fused-ring (bicyclic) bond motifs is 1. The Labute approximate surface area is 109 Å². The summed E-state index contributed by atoms with van der Waals surface area (Å²) in [5.74, 6) is 0.995. The molecule has 2 unspecified atom stereocenters. The molecule has 1 aromatic rings. The first kappa shape index (κ1) is 11.8. The van der Waals surface area contributed by atoms with Crippen LogP contribution in [-0.4, -0.2) is 25.2 Å². The highest BCUT2D eigenvalue weighted by Gasteiger charge is 2.17. The summed E-state index contributed by atoms with van der Waals surface area (Å²) in [5.41, 5.74) is 2.56. The Morgan fingerprint density at radius 1 is 1.33 bits per heavy atom. The van der Waals surface area contributed by atoms with Crippen LogP contribution in [0.4, 0.5) is 5.69 Å². The first-order chi connectivity index (χ1) is 8.81. The number of piperidine rings is 1. The van der Waals surface area contributed by atoms with E-state index in [1.807, 2.05) is 0 Å². The molecule has 1 saturated heterocycles. The second kappa shape index (κ2) is 5.19. The zero-order chi connectivity index (χ0) is 12.4. The van der Waals surface area contributed by atoms with Gasteiger partial charge in [-0.1, -0.05) is 12.5 Å². The van der Waals surface area contributed by atoms with E-state index in [0.29, 0.717) is 6.04 Å². The SMILES string of the molecule is CC1CNc2cc(CC3CCCCN3)ccc2O1. The van der Waals surface area contributed by atoms with Gasteiger partial charge in [0, 0.05) is 6.04 Å². The van der Waals surface area contributed by atoms with Crippen LogP contribution in [0, 0.1) is 0 Å². The normalized spacial score (nSPS) is 26.9. The van der Waals surface area contributed by atoms with Crippen molar-refractivity contribution in [3.05, 3.63) is 23.8 Å². The molecule has 0 bridgehead atoms. The largest absolute Gasteiger partial charge is 0.487 e. The summed E-state index contributed by atoms with van der Waals surface area (Å²) in [5, 5.41) is 7.05. The van der Waals surface area contributed by atoms with Gasteiger partial charge in [-0.2, -0.15) is 0 Å². The van der Waals surface area contributed by atoms with Crippen LogP contribution in [0.15, 0.2) is 18.2 Å². The van der Waals surface area contributed by atoms with Crippen LogP contribution < -0.4 is 15.4 Å². The van der Waals surface area contributed by atoms with Crippen molar-refractivity contribution in [1.82, 2.24) is 5.32 Å². The van der Waals surface area contributed by atoms with E-state index in [1.54, 1.807) is 0 Å². The minimum absolute atomic E-state index is 0.267. The highest BCUT2D eigenvalue weighted by atomic mass is 16.5. The Morgan fingerprint density at radius 2 is 2.28 bits per heavy atom. The standard InChI is InChI=1S/C15H22N2O/c1-11-10-17-14-9-12(5-6-15(14)18-11)8-13-4-2-3-7-16-13/h5-6,9,11,13,16-17H,2-4,7-8,10H2,1H3. The fraction of sp³-hybridized carbons (Fsp3) is 0.600. The molecule has 1 fully saturated rings. The molecule has 2 aliphatic heterocycles. The third-order valence-corrected chi connectivity index (χ3v) is 3.85. The molecule has 1 aromatic carbocycles. The number of hydrogen-bond donors (Lipinski definition) is 2. The minimum atomic E-state index is 0.267. The summed E-state index contributed by atoms with van der Waals surface area (Å²) in [6, 6.07) is 7.21. The van der Waals surface area contributed by atoms with E-state index in [1.165, 1.54) is 31.4 Å². The summed E-state index contributed by atoms with van der Waals surface area (Å²) >= 11 is 0. The topological polar surface area (TPSA) is 33.3 Å². The number of hydrogen-bond acceptors (Lipinski definition) is 3. The minimum Gasteiger partial charge on any atom is -0.487 e. The summed E-state index contributed by atoms with van der Waals surface area (Å²) in [6.07, 6.45) is 5.39. The monoisotopic (exact) mass is 246 g/mol. The Morgan fingerprint density at radius 3 is 3.11 bits per heavy atom. The molecule has 3 rings (SSSR count). The van der Waals surface area contributed by atoms with Gasteiger partial charge in [-0.05, 0) is 50.4 Å². The highest BCUT2D eigenvalue weighted by molar-refractivity contribution is 5.59. The molecule has 3 heteroatoms. The number of benzene rings is 1. The van der Waals surface area contributed by atoms with Crippen molar-refractivity contribution in [3.8, 4) is 5.75 Å². The number of ether oxygens (including phenoxy) is 1. The van der Waals surface area contributed by atoms with Crippen LogP contribution in [0.25, 0.3) is 0 Å². The Bertz CT molecular complexity index is 413. The van der Waals surface area contributed by atoms with E-state index in [2.05, 4.69) is 35.8 Å². The molecule has 2 N–H and O–H groups in total. The molecule has 2 heterocycles. The Kier molecular flexibility index (Phi) is 3.41. The second-order valence-electron chi connectivity index (χ2n) is 5.49. The lowest BCUT2D eigenvalue weighted by molar-refractivity contribution is 0.226. The maximum absolute atomic E-state index is 5.80. The van der Waals surface area contributed by atoms with Crippen molar-refractivity contribution < 1.29 is 4.74 Å². The van der Waals surface area contributed by atoms with Crippen molar-refractivity contribution in [3.63, 3.8) is 0 Å². The molecule has 0 spiro atoms. The maximum Gasteiger partial charge on any atom is 0.142 e. The van der Waals surface area contributed by atoms with Gasteiger partial charge in [0.25, 0.3) is 0 Å². The van der Waals surface area contributed by atoms with Gasteiger partial charge in [-0.25, -0.2) is 0 Å². The van der Waals surface area contributed by atoms with E-state index in [4.69, 9.17) is 4.74 Å². The molecular weight excluding hydrogens is 224 g/mol. The Hall–Kier alpha value is -1.22. The average molecular weight is 246 g/mol. The van der Waals surface area contributed by atoms with Crippen LogP contribution in [-0.2, 0) is 6.42 Å². The number of anilines is 1. The van der Waals surface area contributed by atoms with Gasteiger partial charge in [0.1, 0.15) is 11.9 Å². The van der Waals surface area contributed by atoms with E-state index in [-0.39, 0.29) is 6.10 Å². The molecular formula is C15H22N2O. The van der Waals surface area contributed by atoms with Gasteiger partial charge >= 0.3 is 0 Å². The van der Waals surface area contributed by atoms with Crippen molar-refractivity contribution in [2.45, 2.75) is 44.8 Å². The second-order valence-corrected chi connectivity index (χ2v) is 5.49. The molecule has 0 saturated carbocycles. The summed E-state index contributed by atoms with van der Waals surface area (Å²) in [6.45, 7) is 4.17. The van der Waals surface area contributed by atoms with E-state index in [9.17, 15) is 0 Å². The van der Waals surface area contributed by atoms with Gasteiger partial charge in [0.05, 0.1) is 12.2 Å². The summed E-state index contributed by atoms with van der Waals surface area (Å²) < 4.78 is 5.80. The Balaban J connectivity index is 1.69. The molecule has 98 valence electrons. The predicted molar refractivity (Wildman–Crippen MR) is 74.4 cm³/mol. The summed E-state index contributed by atoms with van der Waals surface area (Å²) in [4.78, 5) is 0. The number of nitrogens with one attached hydrogen (secondary N) is 2. The van der Waals surface area contributed by atoms with Crippen molar-refractivity contribution in [1.29, 1.82) is 0 Å². The van der Waals surface area contributed by atoms with Crippen molar-refractivity contribution in [2.75, 3.05) is 18.4 Å². The first-order valence-electron chi connectivity index (χ1n) is 7.08. The smallest absolute Gasteiger partial charge is 0.142 e. The summed E-state index contributed by atoms with van der Waals surface area (Å²) in [7, 11) is 0. The van der Waals surface area contributed by atoms with Crippen LogP contribution in [0.3, 0.4) is 0 Å². The van der Waals surface area contributed by atoms with Gasteiger partial charge in [0.2, 0.25) is 0 Å². The molecule has 2 atom stereocenters. The average Bonchev–Trinajstić information content (AvgIpc) is 2.40. The molecule has 3 nitrogen and oxygen atoms in total. The molecule has 18 heavy (non-hydrogen) atoms. The van der Waals surface area contributed by atoms with E-state index in [0.717, 1.165) is 24.4 Å². The van der Waals surface area contributed by atoms with Gasteiger partial charge in [-0.3, -0.25) is 0 Å². The van der Waals surface area contributed by atoms with Crippen molar-refractivity contribution in [2.24, 2.45) is 0 Å². The molecule has 0 radical (unpaired) electrons. The first-order valence-corrected chi connectivity index (χ1v) is 7.08. The van der Waals surface area contributed by atoms with Gasteiger partial charge < -0.3 is 15.4 Å².